The standard InChI is InChI=1S/C32H31Cl2N5O3.C31H28Cl2N4O3.C30H28Cl2N4O4S/c1-4-35-32(41)38-18-23(16-21-10-13-25(42-3)14-11-21)30-26(19-38)29(31(40)36-20(2)22-8-6-5-7-9-22)37-39(30)28-15-12-24(33)17-27(28)34;1-19(22-7-5-4-6-8-22)34-31(39)29-26-18-36(20(2)38)17-23(15-21-9-12-25(40-3)13-10-21)30(26)37(35-29)28-14-11-24(32)16-27(28)33;1-19(21-7-5-4-6-8-21)33-30(37)28-25-18-35(41(3,38)39)17-22(15-20-9-12-24(40-2)13-10-20)29(25)36(34-28)27-14-11-23(31)16-26(27)32/h5-17,20H,4,18-19H2,1-3H3,(H,35,41)(H,36,40);4-16,19H,17-18H2,1-3H3,(H,34,39);4-16,19H,17-18H2,1-3H3,(H,33,37)/b23-16+;23-15+;22-15+/t20-;2*19-/m111/s1. The van der Waals surface area contributed by atoms with Gasteiger partial charge in [-0.2, -0.15) is 19.6 Å². The molecular weight excluding hydrogens is 1700 g/mol. The average Bonchev–Trinajstić information content (AvgIpc) is 1.62. The third-order valence-corrected chi connectivity index (χ3v) is 23.7. The minimum atomic E-state index is -3.62. The molecule has 30 heteroatoms. The van der Waals surface area contributed by atoms with Crippen LogP contribution in [0.1, 0.15) is 151 Å². The molecule has 9 aromatic carbocycles. The number of halogens is 6. The number of sulfonamides is 1. The number of methoxy groups -OCH3 is 3. The summed E-state index contributed by atoms with van der Waals surface area (Å²) in [6.07, 6.45) is 7.01. The summed E-state index contributed by atoms with van der Waals surface area (Å²) in [6, 6.07) is 65.8. The highest BCUT2D eigenvalue weighted by atomic mass is 35.5. The number of urea groups is 1. The van der Waals surface area contributed by atoms with Crippen LogP contribution >= 0.6 is 69.6 Å². The third-order valence-electron chi connectivity index (χ3n) is 20.9. The van der Waals surface area contributed by atoms with Crippen LogP contribution in [0.15, 0.2) is 218 Å². The molecule has 4 N–H and O–H groups in total. The number of benzene rings is 9. The average molecular weight is 1790 g/mol. The number of ether oxygens (including phenoxy) is 3. The molecule has 12 aromatic rings. The number of hydrogen-bond acceptors (Lipinski definition) is 13. The second-order valence-corrected chi connectivity index (χ2v) is 33.8. The number of carbonyl (C=O) groups excluding carboxylic acids is 5. The van der Waals surface area contributed by atoms with Crippen LogP contribution in [0.25, 0.3) is 52.0 Å². The van der Waals surface area contributed by atoms with Crippen LogP contribution < -0.4 is 35.5 Å². The second-order valence-electron chi connectivity index (χ2n) is 29.3. The van der Waals surface area contributed by atoms with Crippen molar-refractivity contribution in [3.8, 4) is 34.3 Å². The molecule has 3 atom stereocenters. The topological polar surface area (TPSA) is 258 Å². The van der Waals surface area contributed by atoms with E-state index in [4.69, 9.17) is 99.1 Å². The molecule has 3 aromatic heterocycles. The monoisotopic (exact) mass is 1790 g/mol. The zero-order valence-electron chi connectivity index (χ0n) is 68.5. The Morgan fingerprint density at radius 2 is 0.715 bits per heavy atom. The summed E-state index contributed by atoms with van der Waals surface area (Å²) in [7, 11) is 1.20. The van der Waals surface area contributed by atoms with E-state index in [1.54, 1.807) is 99.8 Å². The van der Waals surface area contributed by atoms with Gasteiger partial charge in [-0.15, -0.1) is 0 Å². The number of rotatable bonds is 20. The van der Waals surface area contributed by atoms with Crippen molar-refractivity contribution in [2.75, 3.05) is 53.8 Å². The highest BCUT2D eigenvalue weighted by Gasteiger charge is 2.39. The molecule has 123 heavy (non-hydrogen) atoms. The highest BCUT2D eigenvalue weighted by Crippen LogP contribution is 2.42. The molecule has 3 aliphatic rings. The fraction of sp³-hybridized carbons (Fsp3) is 0.204. The van der Waals surface area contributed by atoms with Crippen LogP contribution in [0.3, 0.4) is 0 Å². The van der Waals surface area contributed by atoms with Crippen molar-refractivity contribution < 1.29 is 46.6 Å². The van der Waals surface area contributed by atoms with Gasteiger partial charge in [-0.3, -0.25) is 19.2 Å². The van der Waals surface area contributed by atoms with E-state index in [0.717, 1.165) is 68.0 Å². The maximum absolute atomic E-state index is 13.8. The lowest BCUT2D eigenvalue weighted by Crippen LogP contribution is -2.42. The van der Waals surface area contributed by atoms with Crippen LogP contribution in [0, 0.1) is 0 Å². The second kappa shape index (κ2) is 39.5. The molecule has 0 radical (unpaired) electrons. The normalized spacial score (nSPS) is 14.7. The van der Waals surface area contributed by atoms with Crippen LogP contribution in [0.2, 0.25) is 30.1 Å². The molecule has 0 unspecified atom stereocenters. The van der Waals surface area contributed by atoms with Gasteiger partial charge in [0.1, 0.15) is 17.2 Å². The Hall–Kier alpha value is -12.0. The van der Waals surface area contributed by atoms with Crippen molar-refractivity contribution in [3.63, 3.8) is 0 Å². The van der Waals surface area contributed by atoms with Crippen molar-refractivity contribution in [2.45, 2.75) is 72.4 Å². The number of aromatic nitrogens is 6. The van der Waals surface area contributed by atoms with Gasteiger partial charge in [0.15, 0.2) is 17.1 Å². The number of carbonyl (C=O) groups is 5. The zero-order chi connectivity index (χ0) is 87.5. The lowest BCUT2D eigenvalue weighted by molar-refractivity contribution is -0.128. The number of amides is 6. The molecule has 6 heterocycles. The van der Waals surface area contributed by atoms with E-state index in [1.165, 1.54) is 11.2 Å². The molecule has 0 bridgehead atoms. The van der Waals surface area contributed by atoms with Crippen molar-refractivity contribution >= 4 is 144 Å². The quantitative estimate of drug-likeness (QED) is 0.0554. The van der Waals surface area contributed by atoms with Crippen LogP contribution in [0.5, 0.6) is 17.2 Å². The van der Waals surface area contributed by atoms with Gasteiger partial charge in [-0.05, 0) is 187 Å². The van der Waals surface area contributed by atoms with Gasteiger partial charge in [-0.1, -0.05) is 197 Å². The van der Waals surface area contributed by atoms with Crippen molar-refractivity contribution in [1.82, 2.24) is 64.7 Å². The van der Waals surface area contributed by atoms with Crippen molar-refractivity contribution in [1.29, 1.82) is 0 Å². The summed E-state index contributed by atoms with van der Waals surface area (Å²) in [5.41, 5.74) is 13.7. The predicted octanol–water partition coefficient (Wildman–Crippen LogP) is 19.3. The number of nitrogens with zero attached hydrogens (tertiary/aromatic N) is 9. The van der Waals surface area contributed by atoms with Gasteiger partial charge in [0.2, 0.25) is 15.9 Å². The lowest BCUT2D eigenvalue weighted by atomic mass is 9.97. The first-order valence-corrected chi connectivity index (χ1v) is 43.3. The van der Waals surface area contributed by atoms with Gasteiger partial charge >= 0.3 is 6.03 Å². The van der Waals surface area contributed by atoms with Crippen molar-refractivity contribution in [2.24, 2.45) is 0 Å². The molecule has 0 fully saturated rings. The summed E-state index contributed by atoms with van der Waals surface area (Å²) in [5, 5.41) is 28.9. The molecule has 0 saturated carbocycles. The Morgan fingerprint density at radius 3 is 1.01 bits per heavy atom. The first kappa shape index (κ1) is 88.8. The van der Waals surface area contributed by atoms with Gasteiger partial charge in [-0.25, -0.2) is 27.3 Å². The number of nitrogens with one attached hydrogen (secondary N) is 4. The van der Waals surface area contributed by atoms with Gasteiger partial charge in [0.25, 0.3) is 17.7 Å². The Kier molecular flexibility index (Phi) is 28.5. The Morgan fingerprint density at radius 1 is 0.415 bits per heavy atom. The molecule has 15 rings (SSSR count). The van der Waals surface area contributed by atoms with Gasteiger partial charge < -0.3 is 45.3 Å². The van der Waals surface area contributed by atoms with E-state index in [2.05, 4.69) is 21.3 Å². The van der Waals surface area contributed by atoms with Crippen LogP contribution in [-0.2, 0) is 34.5 Å². The Balaban J connectivity index is 0.000000159. The van der Waals surface area contributed by atoms with Crippen molar-refractivity contribution in [3.05, 3.63) is 333 Å². The molecule has 23 nitrogen and oxygen atoms in total. The summed E-state index contributed by atoms with van der Waals surface area (Å²) < 4.78 is 47.8. The fourth-order valence-corrected chi connectivity index (χ4v) is 16.8. The SMILES string of the molecule is CCNC(=O)N1C/C(=C\c2ccc(OC)cc2)c2c(c(C(=O)N[C@H](C)c3ccccc3)nn2-c2ccc(Cl)cc2Cl)C1.COc1ccc(/C=C2\CN(C(C)=O)Cc3c(C(=O)N[C@H](C)c4ccccc4)nn(-c4ccc(Cl)cc4Cl)c32)cc1.COc1ccc(/C=C2\CN(S(C)(=O)=O)Cc3c(C(=O)N[C@H](C)c4ccccc4)nn(-c4ccc(Cl)cc4Cl)c32)cc1. The summed E-state index contributed by atoms with van der Waals surface area (Å²) in [5.74, 6) is 0.932. The first-order chi connectivity index (χ1) is 59.1. The fourth-order valence-electron chi connectivity index (χ4n) is 14.6. The first-order valence-electron chi connectivity index (χ1n) is 39.2. The van der Waals surface area contributed by atoms with Gasteiger partial charge in [0, 0.05) is 71.4 Å². The molecule has 0 saturated heterocycles. The molecular formula is C93H87Cl6N13O10S. The minimum Gasteiger partial charge on any atom is -0.497 e. The molecule has 3 aliphatic heterocycles. The molecule has 0 aliphatic carbocycles. The Bertz CT molecular complexity index is 6150. The summed E-state index contributed by atoms with van der Waals surface area (Å²) in [4.78, 5) is 70.4. The Labute approximate surface area is 743 Å². The smallest absolute Gasteiger partial charge is 0.317 e. The van der Waals surface area contributed by atoms with E-state index in [9.17, 15) is 32.4 Å². The molecule has 0 spiro atoms. The number of fused-ring (bicyclic) bond motifs is 3. The van der Waals surface area contributed by atoms with E-state index in [1.807, 2.05) is 210 Å². The van der Waals surface area contributed by atoms with Gasteiger partial charge in [0.05, 0.1) is 108 Å². The minimum absolute atomic E-state index is 0.0260. The maximum atomic E-state index is 13.8. The summed E-state index contributed by atoms with van der Waals surface area (Å²) in [6.45, 7) is 10.7. The van der Waals surface area contributed by atoms with Crippen LogP contribution in [-0.4, -0.2) is 135 Å². The summed E-state index contributed by atoms with van der Waals surface area (Å²) >= 11 is 38.5. The van der Waals surface area contributed by atoms with E-state index >= 15 is 0 Å². The maximum Gasteiger partial charge on any atom is 0.317 e. The number of hydrogen-bond donors (Lipinski definition) is 4. The largest absolute Gasteiger partial charge is 0.497 e. The zero-order valence-corrected chi connectivity index (χ0v) is 73.8. The lowest BCUT2D eigenvalue weighted by Gasteiger charge is -2.30. The highest BCUT2D eigenvalue weighted by molar-refractivity contribution is 7.88. The van der Waals surface area contributed by atoms with E-state index in [-0.39, 0.29) is 85.1 Å². The van der Waals surface area contributed by atoms with E-state index < -0.39 is 15.9 Å². The van der Waals surface area contributed by atoms with E-state index in [0.29, 0.717) is 106 Å². The third kappa shape index (κ3) is 20.9. The van der Waals surface area contributed by atoms with Crippen LogP contribution in [0.4, 0.5) is 4.79 Å². The molecule has 632 valence electrons. The predicted molar refractivity (Wildman–Crippen MR) is 486 cm³/mol. The molecule has 6 amide bonds.